The number of rotatable bonds is 7. The van der Waals surface area contributed by atoms with Gasteiger partial charge in [-0.1, -0.05) is 22.0 Å². The van der Waals surface area contributed by atoms with Crippen molar-refractivity contribution in [1.29, 1.82) is 0 Å². The highest BCUT2D eigenvalue weighted by atomic mass is 79.9. The summed E-state index contributed by atoms with van der Waals surface area (Å²) < 4.78 is 0.971. The number of aliphatic hydroxyl groups excluding tert-OH is 1. The van der Waals surface area contributed by atoms with Gasteiger partial charge in [-0.25, -0.2) is 0 Å². The molecule has 0 amide bonds. The summed E-state index contributed by atoms with van der Waals surface area (Å²) in [4.78, 5) is 11.2. The second-order valence-corrected chi connectivity index (χ2v) is 6.49. The normalized spacial score (nSPS) is 10.9. The zero-order valence-corrected chi connectivity index (χ0v) is 14.4. The minimum Gasteiger partial charge on any atom is -0.396 e. The summed E-state index contributed by atoms with van der Waals surface area (Å²) in [7, 11) is 0. The van der Waals surface area contributed by atoms with E-state index in [0.29, 0.717) is 16.2 Å². The molecule has 0 aromatic heterocycles. The van der Waals surface area contributed by atoms with Gasteiger partial charge in [-0.15, -0.1) is 11.8 Å². The molecule has 6 nitrogen and oxygen atoms in total. The Balaban J connectivity index is 2.10. The first-order valence-corrected chi connectivity index (χ1v) is 8.45. The summed E-state index contributed by atoms with van der Waals surface area (Å²) >= 11 is 4.60. The Bertz CT molecular complexity index is 708. The van der Waals surface area contributed by atoms with Crippen LogP contribution in [0.15, 0.2) is 56.9 Å². The lowest BCUT2D eigenvalue weighted by molar-refractivity contribution is -0.387. The van der Waals surface area contributed by atoms with Crippen LogP contribution in [0.4, 0.5) is 11.4 Å². The number of nitrogens with one attached hydrogen (secondary N) is 1. The molecule has 0 fully saturated rings. The number of thioether (sulfide) groups is 1. The van der Waals surface area contributed by atoms with E-state index in [-0.39, 0.29) is 12.3 Å². The quantitative estimate of drug-likeness (QED) is 0.321. The molecular formula is C15H14BrN3O3S. The number of nitro benzene ring substituents is 1. The minimum absolute atomic E-state index is 0.0102. The highest BCUT2D eigenvalue weighted by Crippen LogP contribution is 2.29. The number of nitrogens with zero attached hydrogens (tertiary/aromatic N) is 2. The third-order valence-electron chi connectivity index (χ3n) is 2.78. The molecule has 0 bridgehead atoms. The van der Waals surface area contributed by atoms with E-state index in [2.05, 4.69) is 26.5 Å². The first-order valence-electron chi connectivity index (χ1n) is 6.67. The summed E-state index contributed by atoms with van der Waals surface area (Å²) in [6, 6.07) is 12.4. The van der Waals surface area contributed by atoms with Gasteiger partial charge in [0.15, 0.2) is 0 Å². The van der Waals surface area contributed by atoms with E-state index in [1.165, 1.54) is 24.0 Å². The fourth-order valence-electron chi connectivity index (χ4n) is 1.74. The molecule has 0 atom stereocenters. The van der Waals surface area contributed by atoms with Gasteiger partial charge in [0.05, 0.1) is 28.3 Å². The second-order valence-electron chi connectivity index (χ2n) is 4.43. The summed E-state index contributed by atoms with van der Waals surface area (Å²) in [6.07, 6.45) is 1.52. The van der Waals surface area contributed by atoms with E-state index in [4.69, 9.17) is 5.11 Å². The average Bonchev–Trinajstić information content (AvgIpc) is 2.55. The largest absolute Gasteiger partial charge is 0.396 e. The van der Waals surface area contributed by atoms with Crippen LogP contribution >= 0.6 is 27.7 Å². The van der Waals surface area contributed by atoms with Gasteiger partial charge in [-0.3, -0.25) is 15.5 Å². The topological polar surface area (TPSA) is 87.8 Å². The van der Waals surface area contributed by atoms with Crippen molar-refractivity contribution < 1.29 is 10.0 Å². The van der Waals surface area contributed by atoms with Crippen molar-refractivity contribution in [1.82, 2.24) is 0 Å². The molecule has 0 heterocycles. The standard InChI is InChI=1S/C15H14BrN3O3S/c16-12-2-4-13(5-3-12)18-17-10-11-1-6-15(23-8-7-20)14(9-11)19(21)22/h1-6,9-10,18,20H,7-8H2/b17-10+. The fourth-order valence-corrected chi connectivity index (χ4v) is 2.76. The molecule has 23 heavy (non-hydrogen) atoms. The molecule has 0 unspecified atom stereocenters. The zero-order valence-electron chi connectivity index (χ0n) is 12.0. The van der Waals surface area contributed by atoms with Crippen LogP contribution in [0, 0.1) is 10.1 Å². The molecule has 2 rings (SSSR count). The number of halogens is 1. The van der Waals surface area contributed by atoms with Gasteiger partial charge in [0.25, 0.3) is 5.69 Å². The number of hydrogen-bond donors (Lipinski definition) is 2. The molecule has 0 aliphatic carbocycles. The number of nitro groups is 1. The second kappa shape index (κ2) is 8.66. The number of hydrogen-bond acceptors (Lipinski definition) is 6. The molecular weight excluding hydrogens is 382 g/mol. The zero-order chi connectivity index (χ0) is 16.7. The van der Waals surface area contributed by atoms with Crippen molar-refractivity contribution in [2.75, 3.05) is 17.8 Å². The molecule has 0 radical (unpaired) electrons. The van der Waals surface area contributed by atoms with Gasteiger partial charge < -0.3 is 5.11 Å². The van der Waals surface area contributed by atoms with Crippen molar-refractivity contribution in [3.63, 3.8) is 0 Å². The van der Waals surface area contributed by atoms with Gasteiger partial charge in [0.1, 0.15) is 0 Å². The maximum Gasteiger partial charge on any atom is 0.283 e. The van der Waals surface area contributed by atoms with Crippen LogP contribution in [0.25, 0.3) is 0 Å². The molecule has 2 aromatic rings. The summed E-state index contributed by atoms with van der Waals surface area (Å²) in [6.45, 7) is -0.0257. The van der Waals surface area contributed by atoms with Crippen molar-refractivity contribution in [2.24, 2.45) is 5.10 Å². The Morgan fingerprint density at radius 1 is 1.30 bits per heavy atom. The van der Waals surface area contributed by atoms with Gasteiger partial charge in [0.2, 0.25) is 0 Å². The Hall–Kier alpha value is -1.90. The minimum atomic E-state index is -0.431. The average molecular weight is 396 g/mol. The van der Waals surface area contributed by atoms with Crippen LogP contribution in [0.5, 0.6) is 0 Å². The van der Waals surface area contributed by atoms with E-state index < -0.39 is 4.92 Å². The fraction of sp³-hybridized carbons (Fsp3) is 0.133. The summed E-state index contributed by atoms with van der Waals surface area (Å²) in [5.74, 6) is 0.416. The molecule has 2 N–H and O–H groups in total. The van der Waals surface area contributed by atoms with E-state index in [9.17, 15) is 10.1 Å². The predicted octanol–water partition coefficient (Wildman–Crippen LogP) is 3.89. The molecule has 0 aliphatic heterocycles. The van der Waals surface area contributed by atoms with Crippen LogP contribution in [0.3, 0.4) is 0 Å². The number of anilines is 1. The monoisotopic (exact) mass is 395 g/mol. The van der Waals surface area contributed by atoms with Crippen molar-refractivity contribution in [2.45, 2.75) is 4.90 Å². The third kappa shape index (κ3) is 5.34. The van der Waals surface area contributed by atoms with E-state index in [1.807, 2.05) is 24.3 Å². The van der Waals surface area contributed by atoms with Crippen LogP contribution in [-0.2, 0) is 0 Å². The molecule has 8 heteroatoms. The van der Waals surface area contributed by atoms with Crippen LogP contribution in [-0.4, -0.2) is 28.6 Å². The molecule has 0 saturated heterocycles. The highest BCUT2D eigenvalue weighted by Gasteiger charge is 2.14. The van der Waals surface area contributed by atoms with Gasteiger partial charge >= 0.3 is 0 Å². The van der Waals surface area contributed by atoms with E-state index in [0.717, 1.165) is 10.2 Å². The molecule has 120 valence electrons. The van der Waals surface area contributed by atoms with Gasteiger partial charge in [-0.05, 0) is 30.3 Å². The maximum absolute atomic E-state index is 11.1. The Morgan fingerprint density at radius 2 is 2.04 bits per heavy atom. The summed E-state index contributed by atoms with van der Waals surface area (Å²) in [5, 5.41) is 24.0. The number of hydrazone groups is 1. The highest BCUT2D eigenvalue weighted by molar-refractivity contribution is 9.10. The Labute approximate surface area is 145 Å². The van der Waals surface area contributed by atoms with Crippen LogP contribution < -0.4 is 5.43 Å². The Kier molecular flexibility index (Phi) is 6.57. The lowest BCUT2D eigenvalue weighted by Crippen LogP contribution is -1.96. The number of benzene rings is 2. The van der Waals surface area contributed by atoms with Gasteiger partial charge in [-0.2, -0.15) is 5.10 Å². The van der Waals surface area contributed by atoms with Crippen LogP contribution in [0.1, 0.15) is 5.56 Å². The van der Waals surface area contributed by atoms with E-state index in [1.54, 1.807) is 12.1 Å². The van der Waals surface area contributed by atoms with E-state index >= 15 is 0 Å². The van der Waals surface area contributed by atoms with Crippen molar-refractivity contribution in [3.05, 3.63) is 62.6 Å². The van der Waals surface area contributed by atoms with Crippen molar-refractivity contribution in [3.8, 4) is 0 Å². The summed E-state index contributed by atoms with van der Waals surface area (Å²) in [5.41, 5.74) is 4.30. The lowest BCUT2D eigenvalue weighted by atomic mass is 10.2. The Morgan fingerprint density at radius 3 is 2.70 bits per heavy atom. The smallest absolute Gasteiger partial charge is 0.283 e. The molecule has 2 aromatic carbocycles. The van der Waals surface area contributed by atoms with Crippen LogP contribution in [0.2, 0.25) is 0 Å². The molecule has 0 spiro atoms. The van der Waals surface area contributed by atoms with Crippen molar-refractivity contribution >= 4 is 45.3 Å². The molecule has 0 aliphatic rings. The maximum atomic E-state index is 11.1. The SMILES string of the molecule is O=[N+]([O-])c1cc(/C=N/Nc2ccc(Br)cc2)ccc1SCCO. The molecule has 0 saturated carbocycles. The predicted molar refractivity (Wildman–Crippen MR) is 96.3 cm³/mol. The third-order valence-corrected chi connectivity index (χ3v) is 4.35. The first kappa shape index (κ1) is 17.5. The lowest BCUT2D eigenvalue weighted by Gasteiger charge is -2.03. The number of aliphatic hydroxyl groups is 1. The van der Waals surface area contributed by atoms with Gasteiger partial charge in [0, 0.05) is 21.9 Å². The first-order chi connectivity index (χ1) is 11.1.